The van der Waals surface area contributed by atoms with Gasteiger partial charge in [-0.2, -0.15) is 0 Å². The fourth-order valence-electron chi connectivity index (χ4n) is 13.9. The van der Waals surface area contributed by atoms with E-state index in [0.717, 1.165) is 32.1 Å². The molecule has 5 unspecified atom stereocenters. The first-order chi connectivity index (χ1) is 23.0. The summed E-state index contributed by atoms with van der Waals surface area (Å²) in [5.74, 6) is 1.38. The van der Waals surface area contributed by atoms with Gasteiger partial charge in [0.1, 0.15) is 11.8 Å². The molecular formula is C40H60N2O7. The largest absolute Gasteiger partial charge is 0.390 e. The average Bonchev–Trinajstić information content (AvgIpc) is 3.70. The molecule has 9 heteroatoms. The fraction of sp³-hybridized carbons (Fsp3) is 0.850. The number of pyridine rings is 1. The lowest BCUT2D eigenvalue weighted by Gasteiger charge is -2.64. The average molecular weight is 681 g/mol. The number of morpholine rings is 1. The predicted molar refractivity (Wildman–Crippen MR) is 183 cm³/mol. The fourth-order valence-corrected chi connectivity index (χ4v) is 13.9. The molecule has 7 fully saturated rings. The van der Waals surface area contributed by atoms with E-state index >= 15 is 0 Å². The summed E-state index contributed by atoms with van der Waals surface area (Å²) in [5, 5.41) is 34.1. The van der Waals surface area contributed by atoms with Crippen molar-refractivity contribution in [3.63, 3.8) is 0 Å². The van der Waals surface area contributed by atoms with E-state index < -0.39 is 30.2 Å². The van der Waals surface area contributed by atoms with Crippen molar-refractivity contribution in [1.29, 1.82) is 0 Å². The van der Waals surface area contributed by atoms with Crippen molar-refractivity contribution in [3.05, 3.63) is 30.1 Å². The topological polar surface area (TPSA) is 122 Å². The van der Waals surface area contributed by atoms with Crippen LogP contribution in [0.3, 0.4) is 0 Å². The van der Waals surface area contributed by atoms with Gasteiger partial charge in [-0.05, 0) is 123 Å². The summed E-state index contributed by atoms with van der Waals surface area (Å²) < 4.78 is 19.6. The number of nitrogens with zero attached hydrogens (tertiary/aromatic N) is 2. The molecule has 272 valence electrons. The third kappa shape index (κ3) is 4.64. The first kappa shape index (κ1) is 34.5. The smallest absolute Gasteiger partial charge is 0.272 e. The van der Waals surface area contributed by atoms with Crippen molar-refractivity contribution in [2.24, 2.45) is 50.7 Å². The van der Waals surface area contributed by atoms with Crippen molar-refractivity contribution in [2.45, 2.75) is 142 Å². The van der Waals surface area contributed by atoms with Crippen molar-refractivity contribution < 1.29 is 34.3 Å². The van der Waals surface area contributed by atoms with E-state index in [-0.39, 0.29) is 57.0 Å². The normalized spacial score (nSPS) is 49.1. The Hall–Kier alpha value is -1.62. The summed E-state index contributed by atoms with van der Waals surface area (Å²) in [6.07, 6.45) is 7.40. The summed E-state index contributed by atoms with van der Waals surface area (Å²) in [6, 6.07) is 5.43. The molecule has 7 aliphatic rings. The van der Waals surface area contributed by atoms with Crippen molar-refractivity contribution in [1.82, 2.24) is 9.88 Å². The molecule has 8 rings (SSSR count). The molecule has 1 aromatic heterocycles. The van der Waals surface area contributed by atoms with Crippen LogP contribution < -0.4 is 0 Å². The molecule has 1 amide bonds. The quantitative estimate of drug-likeness (QED) is 0.388. The van der Waals surface area contributed by atoms with Gasteiger partial charge in [-0.3, -0.25) is 9.78 Å². The lowest BCUT2D eigenvalue weighted by Crippen LogP contribution is -2.60. The van der Waals surface area contributed by atoms with Crippen LogP contribution in [-0.4, -0.2) is 93.2 Å². The van der Waals surface area contributed by atoms with Crippen LogP contribution in [0.5, 0.6) is 0 Å². The minimum absolute atomic E-state index is 0.0463. The van der Waals surface area contributed by atoms with Gasteiger partial charge in [-0.15, -0.1) is 0 Å². The van der Waals surface area contributed by atoms with E-state index in [9.17, 15) is 20.1 Å². The van der Waals surface area contributed by atoms with E-state index in [2.05, 4.69) is 39.6 Å². The molecule has 2 saturated heterocycles. The number of hydrogen-bond acceptors (Lipinski definition) is 8. The Bertz CT molecular complexity index is 1450. The number of fused-ring (bicyclic) bond motifs is 4. The van der Waals surface area contributed by atoms with Crippen LogP contribution in [0.25, 0.3) is 0 Å². The van der Waals surface area contributed by atoms with Crippen LogP contribution in [-0.2, 0) is 14.2 Å². The summed E-state index contributed by atoms with van der Waals surface area (Å²) >= 11 is 0. The third-order valence-corrected chi connectivity index (χ3v) is 16.4. The second-order valence-electron chi connectivity index (χ2n) is 19.0. The molecule has 2 spiro atoms. The van der Waals surface area contributed by atoms with E-state index in [1.54, 1.807) is 26.1 Å². The maximum absolute atomic E-state index is 13.2. The molecule has 5 saturated carbocycles. The number of carbonyl (C=O) groups is 1. The maximum atomic E-state index is 13.2. The summed E-state index contributed by atoms with van der Waals surface area (Å²) in [5.41, 5.74) is -0.712. The molecule has 2 aliphatic heterocycles. The van der Waals surface area contributed by atoms with Crippen LogP contribution >= 0.6 is 0 Å². The first-order valence-electron chi connectivity index (χ1n) is 19.2. The van der Waals surface area contributed by atoms with Gasteiger partial charge >= 0.3 is 0 Å². The van der Waals surface area contributed by atoms with Gasteiger partial charge in [0, 0.05) is 18.2 Å². The van der Waals surface area contributed by atoms with Crippen LogP contribution in [0.4, 0.5) is 0 Å². The lowest BCUT2D eigenvalue weighted by atomic mass is 9.41. The summed E-state index contributed by atoms with van der Waals surface area (Å²) in [4.78, 5) is 19.3. The maximum Gasteiger partial charge on any atom is 0.272 e. The Balaban J connectivity index is 1.00. The third-order valence-electron chi connectivity index (χ3n) is 16.4. The zero-order chi connectivity index (χ0) is 34.9. The molecule has 0 aromatic carbocycles. The predicted octanol–water partition coefficient (Wildman–Crippen LogP) is 5.21. The Labute approximate surface area is 292 Å². The molecule has 0 radical (unpaired) electrons. The molecule has 5 aliphatic carbocycles. The van der Waals surface area contributed by atoms with Gasteiger partial charge in [-0.1, -0.05) is 40.7 Å². The van der Waals surface area contributed by atoms with Crippen LogP contribution in [0, 0.1) is 50.7 Å². The van der Waals surface area contributed by atoms with Crippen molar-refractivity contribution in [3.8, 4) is 0 Å². The molecule has 1 aromatic rings. The Morgan fingerprint density at radius 3 is 2.53 bits per heavy atom. The van der Waals surface area contributed by atoms with Crippen molar-refractivity contribution in [2.75, 3.05) is 19.7 Å². The number of hydrogen-bond donors (Lipinski definition) is 3. The number of rotatable bonds is 5. The van der Waals surface area contributed by atoms with Gasteiger partial charge in [0.05, 0.1) is 43.2 Å². The number of ether oxygens (including phenoxy) is 3. The summed E-state index contributed by atoms with van der Waals surface area (Å²) in [6.45, 7) is 16.6. The molecule has 0 bridgehead atoms. The highest BCUT2D eigenvalue weighted by molar-refractivity contribution is 5.92. The monoisotopic (exact) mass is 680 g/mol. The highest BCUT2D eigenvalue weighted by Gasteiger charge is 2.84. The number of aromatic nitrogens is 1. The van der Waals surface area contributed by atoms with Crippen LogP contribution in [0.15, 0.2) is 24.4 Å². The molecule has 49 heavy (non-hydrogen) atoms. The minimum atomic E-state index is -1.26. The van der Waals surface area contributed by atoms with E-state index in [1.807, 2.05) is 17.0 Å². The molecular weight excluding hydrogens is 620 g/mol. The first-order valence-corrected chi connectivity index (χ1v) is 19.2. The van der Waals surface area contributed by atoms with Gasteiger partial charge in [-0.25, -0.2) is 0 Å². The Morgan fingerprint density at radius 1 is 1.08 bits per heavy atom. The number of amides is 1. The zero-order valence-corrected chi connectivity index (χ0v) is 30.7. The van der Waals surface area contributed by atoms with Gasteiger partial charge in [0.2, 0.25) is 0 Å². The number of aliphatic hydroxyl groups excluding tert-OH is 2. The zero-order valence-electron chi connectivity index (χ0n) is 30.7. The highest BCUT2D eigenvalue weighted by atomic mass is 16.7. The summed E-state index contributed by atoms with van der Waals surface area (Å²) in [7, 11) is 0. The Kier molecular flexibility index (Phi) is 7.87. The highest BCUT2D eigenvalue weighted by Crippen LogP contribution is 2.89. The Morgan fingerprint density at radius 2 is 1.82 bits per heavy atom. The SMILES string of the molecule is C[C@@H]1CC([C@H](O)C(C)(C)O)OC2C1[C@@]1(C)CCC34C[C@@]35CC[C@H](OC3CN(C(=O)c6ccccn6)CCO3)C(C)(C)[C@@H]5CC[C@H]4[C@]1(C)[C@H]2O. The van der Waals surface area contributed by atoms with Crippen LogP contribution in [0.2, 0.25) is 0 Å². The van der Waals surface area contributed by atoms with Gasteiger partial charge < -0.3 is 34.4 Å². The molecule has 14 atom stereocenters. The lowest BCUT2D eigenvalue weighted by molar-refractivity contribution is -0.245. The van der Waals surface area contributed by atoms with Gasteiger partial charge in [0.15, 0.2) is 6.29 Å². The number of carbonyl (C=O) groups excluding carboxylic acids is 1. The standard InChI is InChI=1S/C40H60N2O7/c1-23-20-25(32(43)36(4,5)46)48-31-30(23)37(6)15-16-40-22-39(40)14-13-28(35(2,3)26(39)11-12-27(40)38(37,7)33(31)44)49-29-21-42(18-19-47-29)34(45)24-10-8-9-17-41-24/h8-10,17,23,25-33,43-44,46H,11-16,18-22H2,1-7H3/t23-,25?,26+,27+,28+,29?,30?,31?,32+,33+,37-,38-,39-,40?/m1/s1. The molecule has 9 nitrogen and oxygen atoms in total. The van der Waals surface area contributed by atoms with E-state index in [0.29, 0.717) is 43.6 Å². The second-order valence-corrected chi connectivity index (χ2v) is 19.0. The van der Waals surface area contributed by atoms with E-state index in [4.69, 9.17) is 14.2 Å². The van der Waals surface area contributed by atoms with E-state index in [1.165, 1.54) is 12.8 Å². The van der Waals surface area contributed by atoms with Gasteiger partial charge in [0.25, 0.3) is 5.91 Å². The van der Waals surface area contributed by atoms with Crippen LogP contribution in [0.1, 0.15) is 110 Å². The molecule has 3 N–H and O–H groups in total. The number of aliphatic hydroxyl groups is 3. The second kappa shape index (κ2) is 11.2. The molecule has 3 heterocycles. The van der Waals surface area contributed by atoms with Crippen molar-refractivity contribution >= 4 is 5.91 Å². The minimum Gasteiger partial charge on any atom is -0.390 e.